The maximum absolute atomic E-state index is 11.4. The molecule has 0 aliphatic rings. The molecule has 72 valence electrons. The number of rotatable bonds is 3. The summed E-state index contributed by atoms with van der Waals surface area (Å²) in [6, 6.07) is 3.72. The third kappa shape index (κ3) is 2.70. The standard InChI is InChI=1S/C10H16N2O/c1-3-12-5-4-9(6-8(2)11)7-10(12)13/h4-5,7-8H,3,6,11H2,1-2H3. The van der Waals surface area contributed by atoms with E-state index in [0.29, 0.717) is 0 Å². The van der Waals surface area contributed by atoms with E-state index in [0.717, 1.165) is 18.5 Å². The summed E-state index contributed by atoms with van der Waals surface area (Å²) in [7, 11) is 0. The molecule has 0 amide bonds. The van der Waals surface area contributed by atoms with Crippen LogP contribution in [-0.2, 0) is 13.0 Å². The summed E-state index contributed by atoms with van der Waals surface area (Å²) >= 11 is 0. The number of aryl methyl sites for hydroxylation is 1. The van der Waals surface area contributed by atoms with Crippen LogP contribution in [0.25, 0.3) is 0 Å². The molecule has 2 N–H and O–H groups in total. The quantitative estimate of drug-likeness (QED) is 0.746. The van der Waals surface area contributed by atoms with Crippen molar-refractivity contribution in [1.29, 1.82) is 0 Å². The van der Waals surface area contributed by atoms with Crippen LogP contribution in [0.4, 0.5) is 0 Å². The van der Waals surface area contributed by atoms with Gasteiger partial charge in [-0.25, -0.2) is 0 Å². The lowest BCUT2D eigenvalue weighted by atomic mass is 10.1. The normalized spacial score (nSPS) is 12.8. The van der Waals surface area contributed by atoms with Crippen LogP contribution < -0.4 is 11.3 Å². The number of hydrogen-bond acceptors (Lipinski definition) is 2. The Morgan fingerprint density at radius 1 is 1.62 bits per heavy atom. The summed E-state index contributed by atoms with van der Waals surface area (Å²) in [5, 5.41) is 0. The van der Waals surface area contributed by atoms with Gasteiger partial charge in [0.2, 0.25) is 0 Å². The van der Waals surface area contributed by atoms with Crippen LogP contribution in [0.5, 0.6) is 0 Å². The summed E-state index contributed by atoms with van der Waals surface area (Å²) in [6.07, 6.45) is 2.58. The van der Waals surface area contributed by atoms with Gasteiger partial charge >= 0.3 is 0 Å². The Hall–Kier alpha value is -1.09. The van der Waals surface area contributed by atoms with Crippen LogP contribution in [-0.4, -0.2) is 10.6 Å². The topological polar surface area (TPSA) is 48.0 Å². The van der Waals surface area contributed by atoms with Crippen molar-refractivity contribution in [3.8, 4) is 0 Å². The Labute approximate surface area is 78.2 Å². The highest BCUT2D eigenvalue weighted by Gasteiger charge is 1.99. The first-order valence-electron chi connectivity index (χ1n) is 4.58. The van der Waals surface area contributed by atoms with Crippen molar-refractivity contribution in [3.05, 3.63) is 34.2 Å². The number of hydrogen-bond donors (Lipinski definition) is 1. The molecule has 0 saturated carbocycles. The van der Waals surface area contributed by atoms with Gasteiger partial charge in [0, 0.05) is 24.8 Å². The molecule has 1 atom stereocenters. The van der Waals surface area contributed by atoms with E-state index in [1.807, 2.05) is 26.1 Å². The summed E-state index contributed by atoms with van der Waals surface area (Å²) in [5.41, 5.74) is 6.71. The van der Waals surface area contributed by atoms with Gasteiger partial charge in [0.15, 0.2) is 0 Å². The zero-order valence-electron chi connectivity index (χ0n) is 8.16. The van der Waals surface area contributed by atoms with Crippen molar-refractivity contribution in [2.45, 2.75) is 32.9 Å². The largest absolute Gasteiger partial charge is 0.328 e. The summed E-state index contributed by atoms with van der Waals surface area (Å²) in [6.45, 7) is 4.61. The maximum Gasteiger partial charge on any atom is 0.250 e. The second kappa shape index (κ2) is 4.23. The van der Waals surface area contributed by atoms with Crippen molar-refractivity contribution in [3.63, 3.8) is 0 Å². The first-order valence-corrected chi connectivity index (χ1v) is 4.58. The molecular weight excluding hydrogens is 164 g/mol. The third-order valence-electron chi connectivity index (χ3n) is 1.96. The van der Waals surface area contributed by atoms with E-state index in [1.54, 1.807) is 10.6 Å². The Morgan fingerprint density at radius 3 is 2.77 bits per heavy atom. The fourth-order valence-corrected chi connectivity index (χ4v) is 1.31. The molecule has 0 radical (unpaired) electrons. The monoisotopic (exact) mass is 180 g/mol. The molecule has 0 aliphatic heterocycles. The zero-order chi connectivity index (χ0) is 9.84. The van der Waals surface area contributed by atoms with Crippen molar-refractivity contribution in [1.82, 2.24) is 4.57 Å². The Balaban J connectivity index is 2.90. The van der Waals surface area contributed by atoms with Crippen LogP contribution in [0.3, 0.4) is 0 Å². The Kier molecular flexibility index (Phi) is 3.25. The predicted molar refractivity (Wildman–Crippen MR) is 53.7 cm³/mol. The summed E-state index contributed by atoms with van der Waals surface area (Å²) < 4.78 is 1.67. The van der Waals surface area contributed by atoms with Crippen molar-refractivity contribution < 1.29 is 0 Å². The minimum Gasteiger partial charge on any atom is -0.328 e. The van der Waals surface area contributed by atoms with Gasteiger partial charge in [0.05, 0.1) is 0 Å². The van der Waals surface area contributed by atoms with Gasteiger partial charge in [-0.1, -0.05) is 0 Å². The molecule has 0 fully saturated rings. The smallest absolute Gasteiger partial charge is 0.250 e. The molecule has 3 nitrogen and oxygen atoms in total. The van der Waals surface area contributed by atoms with E-state index < -0.39 is 0 Å². The number of nitrogens with zero attached hydrogens (tertiary/aromatic N) is 1. The number of aromatic nitrogens is 1. The van der Waals surface area contributed by atoms with Crippen molar-refractivity contribution in [2.75, 3.05) is 0 Å². The van der Waals surface area contributed by atoms with Gasteiger partial charge in [0.1, 0.15) is 0 Å². The number of nitrogens with two attached hydrogens (primary N) is 1. The van der Waals surface area contributed by atoms with Gasteiger partial charge < -0.3 is 10.3 Å². The molecule has 0 aromatic carbocycles. The van der Waals surface area contributed by atoms with Crippen LogP contribution in [0.15, 0.2) is 23.1 Å². The van der Waals surface area contributed by atoms with Gasteiger partial charge in [-0.2, -0.15) is 0 Å². The molecule has 0 saturated heterocycles. The fraction of sp³-hybridized carbons (Fsp3) is 0.500. The number of pyridine rings is 1. The van der Waals surface area contributed by atoms with E-state index in [-0.39, 0.29) is 11.6 Å². The van der Waals surface area contributed by atoms with E-state index in [9.17, 15) is 4.79 Å². The van der Waals surface area contributed by atoms with E-state index in [4.69, 9.17) is 5.73 Å². The molecule has 3 heteroatoms. The van der Waals surface area contributed by atoms with Gasteiger partial charge in [0.25, 0.3) is 5.56 Å². The molecule has 0 spiro atoms. The van der Waals surface area contributed by atoms with Crippen molar-refractivity contribution >= 4 is 0 Å². The van der Waals surface area contributed by atoms with Crippen LogP contribution in [0.2, 0.25) is 0 Å². The Morgan fingerprint density at radius 2 is 2.31 bits per heavy atom. The van der Waals surface area contributed by atoms with E-state index >= 15 is 0 Å². The molecule has 1 heterocycles. The van der Waals surface area contributed by atoms with E-state index in [2.05, 4.69) is 0 Å². The summed E-state index contributed by atoms with van der Waals surface area (Å²) in [4.78, 5) is 11.4. The molecular formula is C10H16N2O. The highest BCUT2D eigenvalue weighted by molar-refractivity contribution is 5.12. The minimum atomic E-state index is 0.0562. The zero-order valence-corrected chi connectivity index (χ0v) is 8.16. The average Bonchev–Trinajstić information content (AvgIpc) is 2.03. The molecule has 1 aromatic heterocycles. The molecule has 0 aliphatic carbocycles. The SMILES string of the molecule is CCn1ccc(CC(C)N)cc1=O. The van der Waals surface area contributed by atoms with Gasteiger partial charge in [-0.05, 0) is 31.9 Å². The lowest BCUT2D eigenvalue weighted by molar-refractivity contribution is 0.704. The highest BCUT2D eigenvalue weighted by atomic mass is 16.1. The molecule has 1 rings (SSSR count). The highest BCUT2D eigenvalue weighted by Crippen LogP contribution is 1.98. The average molecular weight is 180 g/mol. The Bertz CT molecular complexity index is 328. The molecule has 1 unspecified atom stereocenters. The van der Waals surface area contributed by atoms with Crippen LogP contribution >= 0.6 is 0 Å². The maximum atomic E-state index is 11.4. The summed E-state index contributed by atoms with van der Waals surface area (Å²) in [5.74, 6) is 0. The van der Waals surface area contributed by atoms with Crippen LogP contribution in [0, 0.1) is 0 Å². The predicted octanol–water partition coefficient (Wildman–Crippen LogP) is 0.758. The molecule has 0 bridgehead atoms. The molecule has 1 aromatic rings. The minimum absolute atomic E-state index is 0.0562. The first-order chi connectivity index (χ1) is 6.13. The van der Waals surface area contributed by atoms with Gasteiger partial charge in [-0.15, -0.1) is 0 Å². The van der Waals surface area contributed by atoms with E-state index in [1.165, 1.54) is 0 Å². The van der Waals surface area contributed by atoms with Gasteiger partial charge in [-0.3, -0.25) is 4.79 Å². The third-order valence-corrected chi connectivity index (χ3v) is 1.96. The fourth-order valence-electron chi connectivity index (χ4n) is 1.31. The second-order valence-corrected chi connectivity index (χ2v) is 3.34. The van der Waals surface area contributed by atoms with Crippen molar-refractivity contribution in [2.24, 2.45) is 5.73 Å². The lowest BCUT2D eigenvalue weighted by Gasteiger charge is -2.06. The van der Waals surface area contributed by atoms with Crippen LogP contribution in [0.1, 0.15) is 19.4 Å². The second-order valence-electron chi connectivity index (χ2n) is 3.34. The first kappa shape index (κ1) is 9.99. The lowest BCUT2D eigenvalue weighted by Crippen LogP contribution is -2.22. The molecule has 13 heavy (non-hydrogen) atoms.